The molecule has 0 aromatic carbocycles. The number of allylic oxidation sites excluding steroid dienone is 6. The molecule has 2 atom stereocenters. The van der Waals surface area contributed by atoms with E-state index in [1.54, 1.807) is 0 Å². The second-order valence-electron chi connectivity index (χ2n) is 5.83. The molecule has 0 fully saturated rings. The zero-order valence-corrected chi connectivity index (χ0v) is 12.4. The Hall–Kier alpha value is -1.58. The van der Waals surface area contributed by atoms with E-state index in [4.69, 9.17) is 10.5 Å². The number of hydrogen-bond acceptors (Lipinski definition) is 3. The Morgan fingerprint density at radius 1 is 1.24 bits per heavy atom. The molecule has 112 valence electrons. The molecule has 2 unspecified atom stereocenters. The zero-order chi connectivity index (χ0) is 14.5. The highest BCUT2D eigenvalue weighted by Crippen LogP contribution is 2.24. The molecule has 0 saturated heterocycles. The van der Waals surface area contributed by atoms with E-state index < -0.39 is 0 Å². The van der Waals surface area contributed by atoms with E-state index in [9.17, 15) is 0 Å². The molecule has 3 heteroatoms. The Morgan fingerprint density at radius 3 is 2.95 bits per heavy atom. The fraction of sp³-hybridized carbons (Fsp3) is 0.444. The lowest BCUT2D eigenvalue weighted by Gasteiger charge is -2.29. The van der Waals surface area contributed by atoms with E-state index in [1.807, 2.05) is 0 Å². The summed E-state index contributed by atoms with van der Waals surface area (Å²) >= 11 is 0. The maximum Gasteiger partial charge on any atom is 0.124 e. The lowest BCUT2D eigenvalue weighted by molar-refractivity contribution is 0.195. The van der Waals surface area contributed by atoms with E-state index in [0.29, 0.717) is 12.5 Å². The van der Waals surface area contributed by atoms with Gasteiger partial charge in [-0.15, -0.1) is 0 Å². The van der Waals surface area contributed by atoms with E-state index in [1.165, 1.54) is 11.1 Å². The number of nitrogens with one attached hydrogen (secondary N) is 1. The monoisotopic (exact) mass is 284 g/mol. The van der Waals surface area contributed by atoms with Crippen LogP contribution in [0.25, 0.3) is 0 Å². The average Bonchev–Trinajstić information content (AvgIpc) is 2.56. The normalized spacial score (nSPS) is 28.7. The van der Waals surface area contributed by atoms with Crippen molar-refractivity contribution in [1.82, 2.24) is 5.32 Å². The van der Waals surface area contributed by atoms with Crippen LogP contribution in [0.5, 0.6) is 0 Å². The SMILES string of the molecule is NC1NCC(C2=CCCC=C2)C=C1OCC1=CC=CCC1. The molecule has 1 heterocycles. The third-order valence-electron chi connectivity index (χ3n) is 4.21. The first-order valence-electron chi connectivity index (χ1n) is 7.87. The molecular weight excluding hydrogens is 260 g/mol. The van der Waals surface area contributed by atoms with Gasteiger partial charge in [-0.05, 0) is 42.9 Å². The molecule has 1 aliphatic heterocycles. The minimum atomic E-state index is -0.186. The second kappa shape index (κ2) is 6.92. The first-order valence-corrected chi connectivity index (χ1v) is 7.87. The summed E-state index contributed by atoms with van der Waals surface area (Å²) in [4.78, 5) is 0. The smallest absolute Gasteiger partial charge is 0.124 e. The highest BCUT2D eigenvalue weighted by molar-refractivity contribution is 5.31. The lowest BCUT2D eigenvalue weighted by Crippen LogP contribution is -2.46. The van der Waals surface area contributed by atoms with Crippen LogP contribution in [0.2, 0.25) is 0 Å². The van der Waals surface area contributed by atoms with Crippen LogP contribution in [0.15, 0.2) is 59.4 Å². The summed E-state index contributed by atoms with van der Waals surface area (Å²) in [6, 6.07) is 0. The van der Waals surface area contributed by atoms with Crippen LogP contribution in [0, 0.1) is 5.92 Å². The van der Waals surface area contributed by atoms with Crippen LogP contribution in [0.4, 0.5) is 0 Å². The summed E-state index contributed by atoms with van der Waals surface area (Å²) < 4.78 is 5.98. The number of hydrogen-bond donors (Lipinski definition) is 2. The molecule has 0 saturated carbocycles. The molecule has 2 aliphatic carbocycles. The summed E-state index contributed by atoms with van der Waals surface area (Å²) in [5.41, 5.74) is 8.82. The molecule has 3 nitrogen and oxygen atoms in total. The van der Waals surface area contributed by atoms with Crippen molar-refractivity contribution in [2.45, 2.75) is 31.8 Å². The zero-order valence-electron chi connectivity index (χ0n) is 12.4. The van der Waals surface area contributed by atoms with Crippen LogP contribution < -0.4 is 11.1 Å². The molecule has 3 aliphatic rings. The van der Waals surface area contributed by atoms with Gasteiger partial charge >= 0.3 is 0 Å². The van der Waals surface area contributed by atoms with Gasteiger partial charge in [0.2, 0.25) is 0 Å². The summed E-state index contributed by atoms with van der Waals surface area (Å²) in [5.74, 6) is 1.25. The molecule has 3 N–H and O–H groups in total. The van der Waals surface area contributed by atoms with Crippen molar-refractivity contribution in [3.05, 3.63) is 59.4 Å². The fourth-order valence-electron chi connectivity index (χ4n) is 2.92. The van der Waals surface area contributed by atoms with Gasteiger partial charge in [-0.2, -0.15) is 0 Å². The van der Waals surface area contributed by atoms with Crippen molar-refractivity contribution in [3.63, 3.8) is 0 Å². The fourth-order valence-corrected chi connectivity index (χ4v) is 2.92. The molecule has 0 radical (unpaired) electrons. The van der Waals surface area contributed by atoms with Crippen LogP contribution >= 0.6 is 0 Å². The number of rotatable bonds is 4. The van der Waals surface area contributed by atoms with Gasteiger partial charge in [0.15, 0.2) is 0 Å². The topological polar surface area (TPSA) is 47.3 Å². The van der Waals surface area contributed by atoms with Crippen LogP contribution in [0.3, 0.4) is 0 Å². The van der Waals surface area contributed by atoms with E-state index in [0.717, 1.165) is 38.0 Å². The maximum atomic E-state index is 6.11. The van der Waals surface area contributed by atoms with Crippen molar-refractivity contribution in [3.8, 4) is 0 Å². The van der Waals surface area contributed by atoms with Crippen molar-refractivity contribution in [2.24, 2.45) is 11.7 Å². The van der Waals surface area contributed by atoms with Crippen LogP contribution in [-0.2, 0) is 4.74 Å². The third kappa shape index (κ3) is 3.74. The van der Waals surface area contributed by atoms with Gasteiger partial charge < -0.3 is 10.5 Å². The third-order valence-corrected chi connectivity index (χ3v) is 4.21. The molecule has 0 aromatic heterocycles. The van der Waals surface area contributed by atoms with Crippen molar-refractivity contribution < 1.29 is 4.74 Å². The van der Waals surface area contributed by atoms with E-state index in [-0.39, 0.29) is 6.17 Å². The Kier molecular flexibility index (Phi) is 4.73. The minimum Gasteiger partial charge on any atom is -0.491 e. The quantitative estimate of drug-likeness (QED) is 0.834. The van der Waals surface area contributed by atoms with Crippen molar-refractivity contribution >= 4 is 0 Å². The first-order chi connectivity index (χ1) is 10.3. The first kappa shape index (κ1) is 14.4. The number of nitrogens with two attached hydrogens (primary N) is 1. The van der Waals surface area contributed by atoms with Gasteiger partial charge in [0, 0.05) is 12.5 Å². The highest BCUT2D eigenvalue weighted by atomic mass is 16.5. The molecule has 3 rings (SSSR count). The summed E-state index contributed by atoms with van der Waals surface area (Å²) in [5, 5.41) is 3.34. The van der Waals surface area contributed by atoms with E-state index >= 15 is 0 Å². The second-order valence-corrected chi connectivity index (χ2v) is 5.83. The van der Waals surface area contributed by atoms with E-state index in [2.05, 4.69) is 47.8 Å². The Balaban J connectivity index is 1.65. The molecule has 0 spiro atoms. The number of ether oxygens (including phenoxy) is 1. The Morgan fingerprint density at radius 2 is 2.19 bits per heavy atom. The molecule has 0 amide bonds. The average molecular weight is 284 g/mol. The van der Waals surface area contributed by atoms with Gasteiger partial charge in [0.1, 0.15) is 18.5 Å². The van der Waals surface area contributed by atoms with Gasteiger partial charge in [-0.3, -0.25) is 5.32 Å². The summed E-state index contributed by atoms with van der Waals surface area (Å²) in [6.45, 7) is 1.53. The van der Waals surface area contributed by atoms with Gasteiger partial charge in [0.25, 0.3) is 0 Å². The Bertz CT molecular complexity index is 525. The van der Waals surface area contributed by atoms with Crippen LogP contribution in [-0.4, -0.2) is 19.3 Å². The van der Waals surface area contributed by atoms with Crippen molar-refractivity contribution in [1.29, 1.82) is 0 Å². The maximum absolute atomic E-state index is 6.11. The molecule has 0 aromatic rings. The predicted octanol–water partition coefficient (Wildman–Crippen LogP) is 2.94. The van der Waals surface area contributed by atoms with Crippen molar-refractivity contribution in [2.75, 3.05) is 13.2 Å². The van der Waals surface area contributed by atoms with Gasteiger partial charge in [0.05, 0.1) is 0 Å². The Labute approximate surface area is 126 Å². The van der Waals surface area contributed by atoms with Gasteiger partial charge in [-0.25, -0.2) is 0 Å². The predicted molar refractivity (Wildman–Crippen MR) is 86.4 cm³/mol. The largest absolute Gasteiger partial charge is 0.491 e. The molecular formula is C18H24N2O. The molecule has 21 heavy (non-hydrogen) atoms. The summed E-state index contributed by atoms with van der Waals surface area (Å²) in [6.07, 6.45) is 19.7. The molecule has 0 bridgehead atoms. The highest BCUT2D eigenvalue weighted by Gasteiger charge is 2.23. The van der Waals surface area contributed by atoms with Crippen LogP contribution in [0.1, 0.15) is 25.7 Å². The lowest BCUT2D eigenvalue weighted by atomic mass is 9.91. The summed E-state index contributed by atoms with van der Waals surface area (Å²) in [7, 11) is 0. The minimum absolute atomic E-state index is 0.186. The van der Waals surface area contributed by atoms with Gasteiger partial charge in [-0.1, -0.05) is 36.5 Å². The standard InChI is InChI=1S/C18H24N2O/c19-18-17(21-13-14-7-3-1-4-8-14)11-16(12-20-18)15-9-5-2-6-10-15/h1,3,5,7,9-11,16,18,20H,2,4,6,8,12-13,19H2.